The van der Waals surface area contributed by atoms with Gasteiger partial charge in [0.05, 0.1) is 12.2 Å². The van der Waals surface area contributed by atoms with Crippen molar-refractivity contribution in [1.29, 1.82) is 0 Å². The third-order valence-corrected chi connectivity index (χ3v) is 6.18. The molecule has 1 aliphatic carbocycles. The Labute approximate surface area is 147 Å². The van der Waals surface area contributed by atoms with Gasteiger partial charge in [-0.15, -0.1) is 0 Å². The first-order chi connectivity index (χ1) is 11.7. The minimum atomic E-state index is 0.157. The van der Waals surface area contributed by atoms with Crippen molar-refractivity contribution in [3.63, 3.8) is 0 Å². The molecule has 24 heavy (non-hydrogen) atoms. The Morgan fingerprint density at radius 2 is 2.08 bits per heavy atom. The fraction of sp³-hybridized carbons (Fsp3) is 0.714. The Bertz CT molecular complexity index is 530. The molecule has 132 valence electrons. The van der Waals surface area contributed by atoms with Gasteiger partial charge in [-0.2, -0.15) is 0 Å². The van der Waals surface area contributed by atoms with Crippen LogP contribution >= 0.6 is 0 Å². The molecule has 1 spiro atoms. The molecule has 2 atom stereocenters. The molecule has 1 aromatic rings. The maximum Gasteiger partial charge on any atom is 0.0813 e. The molecule has 0 amide bonds. The highest BCUT2D eigenvalue weighted by molar-refractivity contribution is 5.15. The van der Waals surface area contributed by atoms with Crippen LogP contribution in [0.1, 0.15) is 37.7 Å². The first kappa shape index (κ1) is 16.6. The van der Waals surface area contributed by atoms with Crippen LogP contribution in [0.5, 0.6) is 0 Å². The normalized spacial score (nSPS) is 31.2. The van der Waals surface area contributed by atoms with E-state index in [0.29, 0.717) is 0 Å². The largest absolute Gasteiger partial charge is 0.373 e. The molecule has 2 unspecified atom stereocenters. The molecule has 1 saturated carbocycles. The molecule has 0 bridgehead atoms. The summed E-state index contributed by atoms with van der Waals surface area (Å²) in [7, 11) is 2.30. The van der Waals surface area contributed by atoms with Crippen molar-refractivity contribution in [1.82, 2.24) is 9.80 Å². The van der Waals surface area contributed by atoms with E-state index in [1.807, 2.05) is 0 Å². The third kappa shape index (κ3) is 4.01. The fourth-order valence-corrected chi connectivity index (χ4v) is 4.73. The van der Waals surface area contributed by atoms with E-state index in [0.717, 1.165) is 31.5 Å². The van der Waals surface area contributed by atoms with Gasteiger partial charge in [0, 0.05) is 25.7 Å². The van der Waals surface area contributed by atoms with Crippen molar-refractivity contribution in [3.05, 3.63) is 35.9 Å². The second kappa shape index (κ2) is 7.15. The van der Waals surface area contributed by atoms with Crippen molar-refractivity contribution in [3.8, 4) is 0 Å². The third-order valence-electron chi connectivity index (χ3n) is 6.18. The number of rotatable bonds is 6. The predicted molar refractivity (Wildman–Crippen MR) is 98.3 cm³/mol. The van der Waals surface area contributed by atoms with Crippen LogP contribution in [0.3, 0.4) is 0 Å². The Hall–Kier alpha value is -0.900. The Morgan fingerprint density at radius 1 is 1.25 bits per heavy atom. The highest BCUT2D eigenvalue weighted by Gasteiger charge is 2.44. The second-order valence-electron chi connectivity index (χ2n) is 8.35. The van der Waals surface area contributed by atoms with Gasteiger partial charge in [0.2, 0.25) is 0 Å². The fourth-order valence-electron chi connectivity index (χ4n) is 4.73. The monoisotopic (exact) mass is 328 g/mol. The number of nitrogens with zero attached hydrogens (tertiary/aromatic N) is 2. The van der Waals surface area contributed by atoms with Gasteiger partial charge < -0.3 is 14.5 Å². The number of likely N-dealkylation sites (tertiary alicyclic amines) is 1. The summed E-state index contributed by atoms with van der Waals surface area (Å²) in [6.45, 7) is 5.76. The van der Waals surface area contributed by atoms with Gasteiger partial charge in [-0.3, -0.25) is 0 Å². The van der Waals surface area contributed by atoms with Crippen LogP contribution in [0.25, 0.3) is 0 Å². The minimum Gasteiger partial charge on any atom is -0.373 e. The van der Waals surface area contributed by atoms with Gasteiger partial charge >= 0.3 is 0 Å². The van der Waals surface area contributed by atoms with E-state index < -0.39 is 0 Å². The van der Waals surface area contributed by atoms with Crippen LogP contribution in [-0.2, 0) is 11.2 Å². The molecule has 3 nitrogen and oxygen atoms in total. The first-order valence-corrected chi connectivity index (χ1v) is 9.83. The summed E-state index contributed by atoms with van der Waals surface area (Å²) in [5, 5.41) is 0. The van der Waals surface area contributed by atoms with Gasteiger partial charge in [0.25, 0.3) is 0 Å². The molecular weight excluding hydrogens is 296 g/mol. The maximum absolute atomic E-state index is 6.41. The number of benzene rings is 1. The van der Waals surface area contributed by atoms with Crippen LogP contribution in [0.15, 0.2) is 30.3 Å². The smallest absolute Gasteiger partial charge is 0.0813 e. The SMILES string of the molecule is CN(CC1COC2(CCCN(CCc3ccccc3)C2)C1)C1CC1. The summed E-state index contributed by atoms with van der Waals surface area (Å²) in [5.41, 5.74) is 1.61. The van der Waals surface area contributed by atoms with E-state index in [4.69, 9.17) is 4.74 Å². The van der Waals surface area contributed by atoms with Crippen LogP contribution in [0, 0.1) is 5.92 Å². The molecule has 2 aliphatic heterocycles. The van der Waals surface area contributed by atoms with E-state index >= 15 is 0 Å². The molecule has 0 radical (unpaired) electrons. The summed E-state index contributed by atoms with van der Waals surface area (Å²) in [6, 6.07) is 11.8. The van der Waals surface area contributed by atoms with E-state index in [1.54, 1.807) is 0 Å². The number of piperidine rings is 1. The quantitative estimate of drug-likeness (QED) is 0.797. The topological polar surface area (TPSA) is 15.7 Å². The highest BCUT2D eigenvalue weighted by Crippen LogP contribution is 2.38. The zero-order valence-electron chi connectivity index (χ0n) is 15.1. The Balaban J connectivity index is 1.28. The standard InChI is InChI=1S/C21H32N2O/c1-22(20-8-9-20)15-19-14-21(24-16-19)11-5-12-23(17-21)13-10-18-6-3-2-4-7-18/h2-4,6-7,19-20H,5,8-17H2,1H3. The van der Waals surface area contributed by atoms with Crippen LogP contribution < -0.4 is 0 Å². The summed E-state index contributed by atoms with van der Waals surface area (Å²) >= 11 is 0. The summed E-state index contributed by atoms with van der Waals surface area (Å²) in [6.07, 6.45) is 7.79. The molecule has 4 rings (SSSR count). The van der Waals surface area contributed by atoms with Crippen molar-refractivity contribution in [2.24, 2.45) is 5.92 Å². The molecule has 2 saturated heterocycles. The predicted octanol–water partition coefficient (Wildman–Crippen LogP) is 3.19. The van der Waals surface area contributed by atoms with E-state index in [2.05, 4.69) is 47.2 Å². The Morgan fingerprint density at radius 3 is 2.88 bits per heavy atom. The zero-order valence-corrected chi connectivity index (χ0v) is 15.1. The molecule has 3 heteroatoms. The van der Waals surface area contributed by atoms with Gasteiger partial charge in [0.15, 0.2) is 0 Å². The van der Waals surface area contributed by atoms with E-state index in [9.17, 15) is 0 Å². The zero-order chi connectivity index (χ0) is 16.4. The lowest BCUT2D eigenvalue weighted by Gasteiger charge is -2.40. The van der Waals surface area contributed by atoms with E-state index in [-0.39, 0.29) is 5.60 Å². The van der Waals surface area contributed by atoms with Gasteiger partial charge in [0.1, 0.15) is 0 Å². The van der Waals surface area contributed by atoms with Crippen molar-refractivity contribution in [2.45, 2.75) is 50.2 Å². The Kier molecular flexibility index (Phi) is 4.93. The molecule has 0 aromatic heterocycles. The lowest BCUT2D eigenvalue weighted by Crippen LogP contribution is -2.48. The van der Waals surface area contributed by atoms with Crippen molar-refractivity contribution in [2.75, 3.05) is 39.8 Å². The van der Waals surface area contributed by atoms with Gasteiger partial charge in [-0.25, -0.2) is 0 Å². The molecule has 3 fully saturated rings. The lowest BCUT2D eigenvalue weighted by molar-refractivity contribution is -0.0512. The van der Waals surface area contributed by atoms with Gasteiger partial charge in [-0.1, -0.05) is 30.3 Å². The average Bonchev–Trinajstić information content (AvgIpc) is 3.39. The molecular formula is C21H32N2O. The summed E-state index contributed by atoms with van der Waals surface area (Å²) in [4.78, 5) is 5.21. The second-order valence-corrected chi connectivity index (χ2v) is 8.35. The van der Waals surface area contributed by atoms with Crippen LogP contribution in [0.2, 0.25) is 0 Å². The molecule has 3 aliphatic rings. The van der Waals surface area contributed by atoms with Crippen molar-refractivity contribution < 1.29 is 4.74 Å². The van der Waals surface area contributed by atoms with Crippen LogP contribution in [0.4, 0.5) is 0 Å². The summed E-state index contributed by atoms with van der Waals surface area (Å²) < 4.78 is 6.41. The van der Waals surface area contributed by atoms with E-state index in [1.165, 1.54) is 57.3 Å². The molecule has 1 aromatic carbocycles. The van der Waals surface area contributed by atoms with Crippen molar-refractivity contribution >= 4 is 0 Å². The molecule has 0 N–H and O–H groups in total. The average molecular weight is 329 g/mol. The molecule has 2 heterocycles. The van der Waals surface area contributed by atoms with Gasteiger partial charge in [-0.05, 0) is 63.6 Å². The van der Waals surface area contributed by atoms with Crippen LogP contribution in [-0.4, -0.2) is 61.3 Å². The lowest BCUT2D eigenvalue weighted by atomic mass is 9.86. The minimum absolute atomic E-state index is 0.157. The maximum atomic E-state index is 6.41. The number of ether oxygens (including phenoxy) is 1. The highest BCUT2D eigenvalue weighted by atomic mass is 16.5. The summed E-state index contributed by atoms with van der Waals surface area (Å²) in [5.74, 6) is 0.740. The number of hydrogen-bond donors (Lipinski definition) is 0. The number of hydrogen-bond acceptors (Lipinski definition) is 3. The first-order valence-electron chi connectivity index (χ1n) is 9.83.